The molecule has 0 unspecified atom stereocenters. The van der Waals surface area contributed by atoms with Gasteiger partial charge in [-0.25, -0.2) is 4.98 Å². The third kappa shape index (κ3) is 9.14. The maximum absolute atomic E-state index is 13.9. The molecule has 1 aromatic heterocycles. The number of benzene rings is 2. The third-order valence-corrected chi connectivity index (χ3v) is 7.38. The van der Waals surface area contributed by atoms with Gasteiger partial charge in [0.25, 0.3) is 0 Å². The molecule has 1 saturated heterocycles. The summed E-state index contributed by atoms with van der Waals surface area (Å²) in [4.78, 5) is 37.5. The number of halogens is 3. The molecule has 3 aromatic rings. The van der Waals surface area contributed by atoms with Crippen LogP contribution in [0.5, 0.6) is 0 Å². The largest absolute Gasteiger partial charge is 0.416 e. The van der Waals surface area contributed by atoms with E-state index in [4.69, 9.17) is 9.47 Å². The van der Waals surface area contributed by atoms with Gasteiger partial charge in [0.05, 0.1) is 25.4 Å². The summed E-state index contributed by atoms with van der Waals surface area (Å²) in [6.07, 6.45) is 0.242. The lowest BCUT2D eigenvalue weighted by Crippen LogP contribution is -2.51. The van der Waals surface area contributed by atoms with E-state index in [0.717, 1.165) is 42.2 Å². The van der Waals surface area contributed by atoms with Crippen molar-refractivity contribution >= 4 is 23.7 Å². The zero-order chi connectivity index (χ0) is 31.5. The van der Waals surface area contributed by atoms with Crippen molar-refractivity contribution < 1.29 is 32.2 Å². The lowest BCUT2D eigenvalue weighted by molar-refractivity contribution is -0.143. The highest BCUT2D eigenvalue weighted by atomic mass is 19.4. The number of ether oxygens (including phenoxy) is 2. The Balaban J connectivity index is 1.65. The molecule has 0 N–H and O–H groups in total. The molecule has 44 heavy (non-hydrogen) atoms. The van der Waals surface area contributed by atoms with E-state index in [2.05, 4.69) is 9.88 Å². The molecule has 0 bridgehead atoms. The molecule has 1 atom stereocenters. The second-order valence-electron chi connectivity index (χ2n) is 10.5. The zero-order valence-corrected chi connectivity index (χ0v) is 24.9. The van der Waals surface area contributed by atoms with Gasteiger partial charge in [-0.1, -0.05) is 48.5 Å². The van der Waals surface area contributed by atoms with Gasteiger partial charge < -0.3 is 24.2 Å². The first-order valence-electron chi connectivity index (χ1n) is 14.4. The molecule has 8 nitrogen and oxygen atoms in total. The molecule has 2 amide bonds. The average Bonchev–Trinajstić information content (AvgIpc) is 3.04. The minimum Gasteiger partial charge on any atom is -0.383 e. The molecule has 1 aliphatic heterocycles. The van der Waals surface area contributed by atoms with Gasteiger partial charge in [0.1, 0.15) is 11.9 Å². The van der Waals surface area contributed by atoms with E-state index in [9.17, 15) is 22.8 Å². The molecule has 11 heteroatoms. The molecule has 4 rings (SSSR count). The van der Waals surface area contributed by atoms with Crippen LogP contribution in [0.25, 0.3) is 6.08 Å². The van der Waals surface area contributed by atoms with E-state index >= 15 is 0 Å². The van der Waals surface area contributed by atoms with Gasteiger partial charge in [0.15, 0.2) is 0 Å². The molecule has 0 saturated carbocycles. The summed E-state index contributed by atoms with van der Waals surface area (Å²) >= 11 is 0. The highest BCUT2D eigenvalue weighted by Crippen LogP contribution is 2.29. The molecule has 0 aliphatic carbocycles. The predicted molar refractivity (Wildman–Crippen MR) is 162 cm³/mol. The summed E-state index contributed by atoms with van der Waals surface area (Å²) in [6, 6.07) is 16.9. The van der Waals surface area contributed by atoms with Crippen LogP contribution in [0.4, 0.5) is 19.0 Å². The highest BCUT2D eigenvalue weighted by Gasteiger charge is 2.32. The number of carbonyl (C=O) groups excluding carboxylic acids is 2. The summed E-state index contributed by atoms with van der Waals surface area (Å²) in [5.41, 5.74) is 1.24. The van der Waals surface area contributed by atoms with Gasteiger partial charge in [-0.2, -0.15) is 13.2 Å². The highest BCUT2D eigenvalue weighted by molar-refractivity contribution is 5.95. The lowest BCUT2D eigenvalue weighted by atomic mass is 10.0. The molecule has 1 aliphatic rings. The smallest absolute Gasteiger partial charge is 0.383 e. The van der Waals surface area contributed by atoms with Crippen LogP contribution in [0, 0.1) is 0 Å². The van der Waals surface area contributed by atoms with Gasteiger partial charge in [0.2, 0.25) is 11.8 Å². The fourth-order valence-corrected chi connectivity index (χ4v) is 4.84. The van der Waals surface area contributed by atoms with Crippen molar-refractivity contribution in [3.05, 3.63) is 101 Å². The van der Waals surface area contributed by atoms with Crippen LogP contribution in [0.2, 0.25) is 0 Å². The molecular formula is C33H37F3N4O4. The quantitative estimate of drug-likeness (QED) is 0.277. The Labute approximate surface area is 255 Å². The van der Waals surface area contributed by atoms with Gasteiger partial charge in [-0.3, -0.25) is 9.59 Å². The first kappa shape index (κ1) is 32.7. The number of alkyl halides is 3. The van der Waals surface area contributed by atoms with Crippen molar-refractivity contribution in [2.45, 2.75) is 25.2 Å². The van der Waals surface area contributed by atoms with Crippen LogP contribution < -0.4 is 4.90 Å². The molecule has 2 aromatic carbocycles. The molecular weight excluding hydrogens is 573 g/mol. The van der Waals surface area contributed by atoms with Gasteiger partial charge in [-0.15, -0.1) is 0 Å². The van der Waals surface area contributed by atoms with Gasteiger partial charge in [0, 0.05) is 59.0 Å². The number of nitrogens with zero attached hydrogens (tertiary/aromatic N) is 4. The third-order valence-electron chi connectivity index (χ3n) is 7.38. The second-order valence-corrected chi connectivity index (χ2v) is 10.5. The molecule has 2 heterocycles. The van der Waals surface area contributed by atoms with E-state index in [1.54, 1.807) is 20.4 Å². The summed E-state index contributed by atoms with van der Waals surface area (Å²) in [6.45, 7) is 3.46. The second kappa shape index (κ2) is 15.5. The maximum atomic E-state index is 13.9. The molecule has 1 fully saturated rings. The number of anilines is 1. The van der Waals surface area contributed by atoms with Crippen LogP contribution in [-0.4, -0.2) is 86.3 Å². The van der Waals surface area contributed by atoms with Crippen LogP contribution in [0.3, 0.4) is 0 Å². The number of morpholine rings is 1. The summed E-state index contributed by atoms with van der Waals surface area (Å²) in [5, 5.41) is 0. The summed E-state index contributed by atoms with van der Waals surface area (Å²) in [5.74, 6) is 0.0741. The fourth-order valence-electron chi connectivity index (χ4n) is 4.84. The number of hydrogen-bond acceptors (Lipinski definition) is 6. The molecule has 0 spiro atoms. The van der Waals surface area contributed by atoms with Crippen molar-refractivity contribution in [1.29, 1.82) is 0 Å². The number of hydrogen-bond donors (Lipinski definition) is 0. The summed E-state index contributed by atoms with van der Waals surface area (Å²) < 4.78 is 49.7. The van der Waals surface area contributed by atoms with Crippen LogP contribution in [-0.2, 0) is 38.2 Å². The van der Waals surface area contributed by atoms with Gasteiger partial charge in [-0.05, 0) is 41.0 Å². The molecule has 234 valence electrons. The van der Waals surface area contributed by atoms with Crippen molar-refractivity contribution in [1.82, 2.24) is 14.8 Å². The Bertz CT molecular complexity index is 1380. The number of pyridine rings is 1. The van der Waals surface area contributed by atoms with Crippen molar-refractivity contribution in [2.75, 3.05) is 58.5 Å². The van der Waals surface area contributed by atoms with Crippen molar-refractivity contribution in [3.8, 4) is 0 Å². The first-order chi connectivity index (χ1) is 21.2. The predicted octanol–water partition coefficient (Wildman–Crippen LogP) is 4.70. The fraction of sp³-hybridized carbons (Fsp3) is 0.364. The lowest BCUT2D eigenvalue weighted by Gasteiger charge is -2.33. The van der Waals surface area contributed by atoms with Crippen LogP contribution in [0.15, 0.2) is 79.0 Å². The van der Waals surface area contributed by atoms with E-state index in [1.807, 2.05) is 42.5 Å². The minimum atomic E-state index is -4.46. The number of aromatic nitrogens is 1. The maximum Gasteiger partial charge on any atom is 0.416 e. The number of carbonyl (C=O) groups is 2. The van der Waals surface area contributed by atoms with E-state index in [-0.39, 0.29) is 18.9 Å². The van der Waals surface area contributed by atoms with E-state index < -0.39 is 23.7 Å². The SMILES string of the molecule is COCCN(C)C(=O)[C@H](Cc1ccccc1)N(Cc1ccc(N2CCOCC2)nc1)C(=O)C=Cc1ccc(C(F)(F)F)cc1. The summed E-state index contributed by atoms with van der Waals surface area (Å²) in [7, 11) is 3.22. The first-order valence-corrected chi connectivity index (χ1v) is 14.4. The number of rotatable bonds is 12. The normalized spacial score (nSPS) is 14.4. The monoisotopic (exact) mass is 610 g/mol. The Hall–Kier alpha value is -4.22. The van der Waals surface area contributed by atoms with Crippen LogP contribution in [0.1, 0.15) is 22.3 Å². The number of likely N-dealkylation sites (N-methyl/N-ethyl adjacent to an activating group) is 1. The minimum absolute atomic E-state index is 0.0912. The van der Waals surface area contributed by atoms with Crippen LogP contribution >= 0.6 is 0 Å². The molecule has 0 radical (unpaired) electrons. The number of amides is 2. The zero-order valence-electron chi connectivity index (χ0n) is 24.9. The topological polar surface area (TPSA) is 75.2 Å². The number of methoxy groups -OCH3 is 1. The average molecular weight is 611 g/mol. The van der Waals surface area contributed by atoms with Crippen molar-refractivity contribution in [2.24, 2.45) is 0 Å². The van der Waals surface area contributed by atoms with E-state index in [0.29, 0.717) is 31.9 Å². The Morgan fingerprint density at radius 1 is 1.02 bits per heavy atom. The Morgan fingerprint density at radius 2 is 1.73 bits per heavy atom. The Kier molecular flexibility index (Phi) is 11.5. The Morgan fingerprint density at radius 3 is 2.34 bits per heavy atom. The van der Waals surface area contributed by atoms with E-state index in [1.165, 1.54) is 34.1 Å². The standard InChI is InChI=1S/C33H37F3N4O4/c1-38(16-19-43-2)32(42)29(22-26-6-4-3-5-7-26)40(24-27-10-14-30(37-23-27)39-17-20-44-21-18-39)31(41)15-11-25-8-12-28(13-9-25)33(34,35)36/h3-15,23,29H,16-22,24H2,1-2H3/t29-/m0/s1. The van der Waals surface area contributed by atoms with Crippen molar-refractivity contribution in [3.63, 3.8) is 0 Å². The van der Waals surface area contributed by atoms with Gasteiger partial charge >= 0.3 is 6.18 Å².